The number of hydrogen-bond donors (Lipinski definition) is 1. The Balaban J connectivity index is 1.96. The standard InChI is InChI=1S/C21H33N3O/c1-18(2)21(17-22,20-8-5-4-7-19(20)3)9-6-10-23-11-13-24(14-12-23)15-16-25/h4-5,7-8,18,25H,6,9-16H2,1-3H3. The smallest absolute Gasteiger partial charge is 0.0848 e. The molecule has 1 atom stereocenters. The van der Waals surface area contributed by atoms with Crippen LogP contribution in [-0.4, -0.2) is 60.8 Å². The van der Waals surface area contributed by atoms with Gasteiger partial charge in [0.15, 0.2) is 0 Å². The van der Waals surface area contributed by atoms with E-state index >= 15 is 0 Å². The van der Waals surface area contributed by atoms with Crippen LogP contribution in [0.3, 0.4) is 0 Å². The van der Waals surface area contributed by atoms with Crippen LogP contribution in [-0.2, 0) is 5.41 Å². The maximum absolute atomic E-state index is 10.1. The van der Waals surface area contributed by atoms with E-state index in [1.807, 2.05) is 6.07 Å². The monoisotopic (exact) mass is 343 g/mol. The molecular weight excluding hydrogens is 310 g/mol. The molecule has 1 aromatic rings. The SMILES string of the molecule is Cc1ccccc1C(C#N)(CCCN1CCN(CCO)CC1)C(C)C. The van der Waals surface area contributed by atoms with Gasteiger partial charge in [0.05, 0.1) is 18.1 Å². The van der Waals surface area contributed by atoms with Crippen molar-refractivity contribution < 1.29 is 5.11 Å². The first-order valence-electron chi connectivity index (χ1n) is 9.56. The van der Waals surface area contributed by atoms with Crippen LogP contribution in [0.25, 0.3) is 0 Å². The Bertz CT molecular complexity index is 573. The quantitative estimate of drug-likeness (QED) is 0.788. The molecule has 25 heavy (non-hydrogen) atoms. The van der Waals surface area contributed by atoms with Crippen LogP contribution in [0.5, 0.6) is 0 Å². The molecule has 2 rings (SSSR count). The molecule has 0 radical (unpaired) electrons. The van der Waals surface area contributed by atoms with Crippen LogP contribution in [0.2, 0.25) is 0 Å². The molecular formula is C21H33N3O. The largest absolute Gasteiger partial charge is 0.395 e. The van der Waals surface area contributed by atoms with Gasteiger partial charge in [-0.05, 0) is 43.4 Å². The van der Waals surface area contributed by atoms with E-state index in [1.54, 1.807) is 0 Å². The number of aliphatic hydroxyl groups is 1. The highest BCUT2D eigenvalue weighted by Gasteiger charge is 2.36. The summed E-state index contributed by atoms with van der Waals surface area (Å²) in [5.74, 6) is 0.292. The number of nitriles is 1. The maximum atomic E-state index is 10.1. The second-order valence-electron chi connectivity index (χ2n) is 7.56. The molecule has 1 aliphatic rings. The first kappa shape index (κ1) is 19.9. The van der Waals surface area contributed by atoms with Gasteiger partial charge in [0, 0.05) is 32.7 Å². The number of rotatable bonds is 8. The molecule has 1 heterocycles. The molecule has 0 aromatic heterocycles. The molecule has 0 saturated carbocycles. The van der Waals surface area contributed by atoms with Crippen molar-refractivity contribution in [1.82, 2.24) is 9.80 Å². The maximum Gasteiger partial charge on any atom is 0.0848 e. The van der Waals surface area contributed by atoms with E-state index in [0.29, 0.717) is 5.92 Å². The highest BCUT2D eigenvalue weighted by Crippen LogP contribution is 2.38. The molecule has 1 unspecified atom stereocenters. The first-order chi connectivity index (χ1) is 12.0. The Kier molecular flexibility index (Phi) is 7.43. The molecule has 1 aliphatic heterocycles. The van der Waals surface area contributed by atoms with Gasteiger partial charge in [-0.25, -0.2) is 0 Å². The summed E-state index contributed by atoms with van der Waals surface area (Å²) in [6, 6.07) is 11.0. The van der Waals surface area contributed by atoms with Crippen LogP contribution in [0.15, 0.2) is 24.3 Å². The Morgan fingerprint density at radius 3 is 2.24 bits per heavy atom. The molecule has 1 N–H and O–H groups in total. The van der Waals surface area contributed by atoms with E-state index in [-0.39, 0.29) is 6.61 Å². The third-order valence-electron chi connectivity index (χ3n) is 5.74. The number of β-amino-alcohol motifs (C(OH)–C–C–N with tert-alkyl or cyclic N) is 1. The fourth-order valence-electron chi connectivity index (χ4n) is 4.01. The van der Waals surface area contributed by atoms with Gasteiger partial charge < -0.3 is 10.0 Å². The average molecular weight is 344 g/mol. The Morgan fingerprint density at radius 1 is 1.12 bits per heavy atom. The second kappa shape index (κ2) is 9.33. The zero-order valence-electron chi connectivity index (χ0n) is 16.0. The molecule has 0 bridgehead atoms. The van der Waals surface area contributed by atoms with Crippen molar-refractivity contribution in [3.8, 4) is 6.07 Å². The minimum Gasteiger partial charge on any atom is -0.395 e. The van der Waals surface area contributed by atoms with Gasteiger partial charge in [0.2, 0.25) is 0 Å². The van der Waals surface area contributed by atoms with Gasteiger partial charge in [0.25, 0.3) is 0 Å². The zero-order chi connectivity index (χ0) is 18.3. The predicted octanol–water partition coefficient (Wildman–Crippen LogP) is 2.80. The third kappa shape index (κ3) is 4.82. The third-order valence-corrected chi connectivity index (χ3v) is 5.74. The van der Waals surface area contributed by atoms with E-state index < -0.39 is 5.41 Å². The van der Waals surface area contributed by atoms with Crippen LogP contribution >= 0.6 is 0 Å². The highest BCUT2D eigenvalue weighted by atomic mass is 16.3. The second-order valence-corrected chi connectivity index (χ2v) is 7.56. The van der Waals surface area contributed by atoms with E-state index in [2.05, 4.69) is 54.8 Å². The molecule has 1 saturated heterocycles. The Hall–Kier alpha value is -1.41. The molecule has 138 valence electrons. The predicted molar refractivity (Wildman–Crippen MR) is 103 cm³/mol. The summed E-state index contributed by atoms with van der Waals surface area (Å²) in [7, 11) is 0. The van der Waals surface area contributed by atoms with Crippen molar-refractivity contribution in [1.29, 1.82) is 5.26 Å². The summed E-state index contributed by atoms with van der Waals surface area (Å²) < 4.78 is 0. The summed E-state index contributed by atoms with van der Waals surface area (Å²) >= 11 is 0. The molecule has 1 fully saturated rings. The van der Waals surface area contributed by atoms with Crippen molar-refractivity contribution in [3.63, 3.8) is 0 Å². The van der Waals surface area contributed by atoms with Gasteiger partial charge in [-0.15, -0.1) is 0 Å². The van der Waals surface area contributed by atoms with Crippen LogP contribution in [0, 0.1) is 24.2 Å². The fourth-order valence-corrected chi connectivity index (χ4v) is 4.01. The van der Waals surface area contributed by atoms with Crippen LogP contribution in [0.1, 0.15) is 37.8 Å². The number of piperazine rings is 1. The molecule has 0 spiro atoms. The van der Waals surface area contributed by atoms with Crippen LogP contribution in [0.4, 0.5) is 0 Å². The van der Waals surface area contributed by atoms with Gasteiger partial charge in [0.1, 0.15) is 0 Å². The number of nitrogens with zero attached hydrogens (tertiary/aromatic N) is 3. The summed E-state index contributed by atoms with van der Waals surface area (Å²) in [6.45, 7) is 12.7. The van der Waals surface area contributed by atoms with Crippen molar-refractivity contribution in [3.05, 3.63) is 35.4 Å². The molecule has 0 aliphatic carbocycles. The summed E-state index contributed by atoms with van der Waals surface area (Å²) in [4.78, 5) is 4.81. The molecule has 4 heteroatoms. The number of aryl methyl sites for hydroxylation is 1. The summed E-state index contributed by atoms with van der Waals surface area (Å²) in [5, 5.41) is 19.1. The molecule has 4 nitrogen and oxygen atoms in total. The van der Waals surface area contributed by atoms with Gasteiger partial charge in [-0.3, -0.25) is 4.90 Å². The lowest BCUT2D eigenvalue weighted by molar-refractivity contribution is 0.110. The lowest BCUT2D eigenvalue weighted by atomic mass is 9.68. The minimum absolute atomic E-state index is 0.246. The van der Waals surface area contributed by atoms with Gasteiger partial charge in [-0.1, -0.05) is 38.1 Å². The average Bonchev–Trinajstić information content (AvgIpc) is 2.61. The van der Waals surface area contributed by atoms with Crippen molar-refractivity contribution >= 4 is 0 Å². The van der Waals surface area contributed by atoms with Crippen molar-refractivity contribution in [2.24, 2.45) is 5.92 Å². The van der Waals surface area contributed by atoms with E-state index in [0.717, 1.165) is 52.1 Å². The van der Waals surface area contributed by atoms with E-state index in [9.17, 15) is 5.26 Å². The Morgan fingerprint density at radius 2 is 1.72 bits per heavy atom. The lowest BCUT2D eigenvalue weighted by Crippen LogP contribution is -2.47. The van der Waals surface area contributed by atoms with Crippen molar-refractivity contribution in [2.45, 2.75) is 39.0 Å². The summed E-state index contributed by atoms with van der Waals surface area (Å²) in [5.41, 5.74) is 2.01. The lowest BCUT2D eigenvalue weighted by Gasteiger charge is -2.36. The Labute approximate surface area is 153 Å². The molecule has 0 amide bonds. The first-order valence-corrected chi connectivity index (χ1v) is 9.56. The fraction of sp³-hybridized carbons (Fsp3) is 0.667. The number of aliphatic hydroxyl groups excluding tert-OH is 1. The van der Waals surface area contributed by atoms with Gasteiger partial charge >= 0.3 is 0 Å². The van der Waals surface area contributed by atoms with E-state index in [1.165, 1.54) is 11.1 Å². The normalized spacial score (nSPS) is 18.9. The topological polar surface area (TPSA) is 50.5 Å². The summed E-state index contributed by atoms with van der Waals surface area (Å²) in [6.07, 6.45) is 1.95. The van der Waals surface area contributed by atoms with Crippen molar-refractivity contribution in [2.75, 3.05) is 45.9 Å². The number of hydrogen-bond acceptors (Lipinski definition) is 4. The van der Waals surface area contributed by atoms with Crippen LogP contribution < -0.4 is 0 Å². The zero-order valence-corrected chi connectivity index (χ0v) is 16.0. The highest BCUT2D eigenvalue weighted by molar-refractivity contribution is 5.39. The van der Waals surface area contributed by atoms with Gasteiger partial charge in [-0.2, -0.15) is 5.26 Å². The molecule has 1 aromatic carbocycles. The minimum atomic E-state index is -0.399. The van der Waals surface area contributed by atoms with E-state index in [4.69, 9.17) is 5.11 Å². The number of benzene rings is 1.